The first-order chi connectivity index (χ1) is 37.6. The lowest BCUT2D eigenvalue weighted by Gasteiger charge is -2.23. The van der Waals surface area contributed by atoms with E-state index in [1.54, 1.807) is 26.0 Å². The van der Waals surface area contributed by atoms with Gasteiger partial charge in [0.15, 0.2) is 23.0 Å². The number of aromatic hydroxyl groups is 3. The van der Waals surface area contributed by atoms with E-state index in [-0.39, 0.29) is 82.5 Å². The summed E-state index contributed by atoms with van der Waals surface area (Å²) >= 11 is 0. The second-order valence-corrected chi connectivity index (χ2v) is 17.8. The van der Waals surface area contributed by atoms with Crippen molar-refractivity contribution in [2.75, 3.05) is 37.0 Å². The van der Waals surface area contributed by atoms with E-state index in [9.17, 15) is 53.9 Å². The van der Waals surface area contributed by atoms with Gasteiger partial charge in [-0.2, -0.15) is 5.10 Å². The quantitative estimate of drug-likeness (QED) is 0.00370. The Balaban J connectivity index is 0.00000328. The van der Waals surface area contributed by atoms with Crippen LogP contribution in [-0.2, 0) is 19.1 Å². The summed E-state index contributed by atoms with van der Waals surface area (Å²) < 4.78 is 62.2. The Morgan fingerprint density at radius 2 is 1.68 bits per heavy atom. The molecule has 1 aliphatic heterocycles. The maximum atomic E-state index is 15.9. The summed E-state index contributed by atoms with van der Waals surface area (Å²) in [5, 5.41) is 68.2. The van der Waals surface area contributed by atoms with Crippen molar-refractivity contribution < 1.29 is 77.2 Å². The molecule has 3 aromatic carbocycles. The van der Waals surface area contributed by atoms with Crippen LogP contribution in [0.1, 0.15) is 113 Å². The van der Waals surface area contributed by atoms with Gasteiger partial charge in [-0.25, -0.2) is 22.9 Å². The molecule has 0 spiro atoms. The molecule has 4 atom stereocenters. The lowest BCUT2D eigenvalue weighted by Crippen LogP contribution is -2.32. The number of carbonyl (C=O) groups is 4. The molecular weight excluding hydrogens is 1040 g/mol. The SMILES string of the molecule is CC.CC/C=C/OC1Oc2c(C)c(O)c3c(O)c(NC(=O)/C(C)=C\C=C\C(C)CCC(O)CC(C)OC(C)=O)c(/C=N/NCCN(CC)c4nc5c(cc4F)c(=O)c(C(=O)O)cn5-c4ccc(F)cc4F)c(O)c3c2C1=O.CO. The minimum Gasteiger partial charge on any atom is -0.507 e. The highest BCUT2D eigenvalue weighted by atomic mass is 19.1. The fourth-order valence-corrected chi connectivity index (χ4v) is 8.32. The first-order valence-electron chi connectivity index (χ1n) is 25.3. The standard InChI is InChI=1S/C53H57F3N6O13.C2H6.CH4O/c1-8-10-20-73-53-47(69)41-39-40(43(65)29(6)48(41)75-53)46(68)42(59-51(70)27(4)13-11-12-26(3)14-16-32(64)21-28(5)74-30(7)63)34(45(39)67)24-58-57-18-19-61(9-2)50-37(56)23-33-44(66)35(52(71)72)25-62(49(33)60-50)38-17-15-31(54)22-36(38)55;2*1-2/h10-13,15,17,20,22-26,28,32,53,57,64-65,67-68H,8-9,14,16,18-19,21H2,1-7H3,(H,59,70)(H,71,72);1-2H3;2H,1H3/b12-11+,20-10+,27-13-,58-24+;;. The summed E-state index contributed by atoms with van der Waals surface area (Å²) in [5.41, 5.74) is -0.756. The van der Waals surface area contributed by atoms with Crippen molar-refractivity contribution in [1.82, 2.24) is 15.0 Å². The molecule has 6 rings (SSSR count). The van der Waals surface area contributed by atoms with Crippen molar-refractivity contribution in [1.29, 1.82) is 0 Å². The number of anilines is 2. The number of carboxylic acids is 1. The van der Waals surface area contributed by atoms with E-state index < -0.39 is 104 Å². The summed E-state index contributed by atoms with van der Waals surface area (Å²) in [6, 6.07) is 3.23. The predicted octanol–water partition coefficient (Wildman–Crippen LogP) is 8.57. The fraction of sp³-hybridized carbons (Fsp3) is 0.375. The van der Waals surface area contributed by atoms with Crippen molar-refractivity contribution in [3.63, 3.8) is 0 Å². The zero-order valence-corrected chi connectivity index (χ0v) is 45.5. The fourth-order valence-electron chi connectivity index (χ4n) is 8.32. The van der Waals surface area contributed by atoms with E-state index in [4.69, 9.17) is 19.3 Å². The molecule has 426 valence electrons. The number of rotatable bonds is 22. The number of pyridine rings is 2. The van der Waals surface area contributed by atoms with E-state index in [0.29, 0.717) is 25.3 Å². The molecule has 0 saturated heterocycles. The number of esters is 1. The number of aromatic carboxylic acids is 1. The molecular formula is C56H67F3N6O14. The molecule has 0 fully saturated rings. The molecule has 1 amide bonds. The first kappa shape index (κ1) is 63.1. The van der Waals surface area contributed by atoms with E-state index >= 15 is 8.78 Å². The van der Waals surface area contributed by atoms with Gasteiger partial charge in [0.1, 0.15) is 40.6 Å². The molecule has 5 aromatic rings. The Morgan fingerprint density at radius 1 is 0.987 bits per heavy atom. The number of nitrogens with zero attached hydrogens (tertiary/aromatic N) is 4. The molecule has 4 unspecified atom stereocenters. The van der Waals surface area contributed by atoms with Gasteiger partial charge in [-0.15, -0.1) is 0 Å². The number of carbonyl (C=O) groups excluding carboxylic acids is 3. The number of ether oxygens (including phenoxy) is 3. The summed E-state index contributed by atoms with van der Waals surface area (Å²) in [5.74, 6) is -9.31. The number of allylic oxidation sites excluding steroid dienone is 4. The van der Waals surface area contributed by atoms with Crippen molar-refractivity contribution in [2.45, 2.75) is 106 Å². The van der Waals surface area contributed by atoms with E-state index in [1.165, 1.54) is 38.0 Å². The average molecular weight is 1110 g/mol. The van der Waals surface area contributed by atoms with Crippen LogP contribution in [0.15, 0.2) is 76.5 Å². The highest BCUT2D eigenvalue weighted by Crippen LogP contribution is 2.53. The number of amides is 1. The van der Waals surface area contributed by atoms with Gasteiger partial charge in [0, 0.05) is 62.3 Å². The third-order valence-corrected chi connectivity index (χ3v) is 12.2. The third-order valence-electron chi connectivity index (χ3n) is 12.2. The zero-order valence-electron chi connectivity index (χ0n) is 45.5. The maximum absolute atomic E-state index is 15.9. The van der Waals surface area contributed by atoms with Gasteiger partial charge in [-0.05, 0) is 77.2 Å². The van der Waals surface area contributed by atoms with Gasteiger partial charge >= 0.3 is 18.2 Å². The van der Waals surface area contributed by atoms with Crippen LogP contribution >= 0.6 is 0 Å². The van der Waals surface area contributed by atoms with Gasteiger partial charge in [0.25, 0.3) is 5.91 Å². The number of aliphatic hydroxyl groups excluding tert-OH is 2. The molecule has 0 radical (unpaired) electrons. The van der Waals surface area contributed by atoms with E-state index in [1.807, 2.05) is 33.8 Å². The number of hydrogen-bond donors (Lipinski definition) is 8. The van der Waals surface area contributed by atoms with Crippen LogP contribution in [-0.4, -0.2) is 115 Å². The van der Waals surface area contributed by atoms with Gasteiger partial charge in [-0.1, -0.05) is 45.9 Å². The lowest BCUT2D eigenvalue weighted by atomic mass is 9.92. The van der Waals surface area contributed by atoms with Crippen LogP contribution in [0.4, 0.5) is 24.7 Å². The number of ketones is 1. The number of hydrazone groups is 1. The Kier molecular flexibility index (Phi) is 23.0. The Morgan fingerprint density at radius 3 is 2.32 bits per heavy atom. The monoisotopic (exact) mass is 1100 g/mol. The van der Waals surface area contributed by atoms with Gasteiger partial charge in [0.05, 0.1) is 58.4 Å². The minimum absolute atomic E-state index is 0.0157. The number of nitrogens with one attached hydrogen (secondary N) is 2. The molecule has 0 aliphatic carbocycles. The highest BCUT2D eigenvalue weighted by molar-refractivity contribution is 6.23. The molecule has 0 saturated carbocycles. The Bertz CT molecular complexity index is 3250. The molecule has 3 heterocycles. The van der Waals surface area contributed by atoms with Crippen LogP contribution in [0.2, 0.25) is 0 Å². The first-order valence-corrected chi connectivity index (χ1v) is 25.3. The van der Waals surface area contributed by atoms with Crippen LogP contribution in [0.25, 0.3) is 27.5 Å². The molecule has 0 bridgehead atoms. The number of phenols is 3. The number of likely N-dealkylation sites (N-methyl/N-ethyl adjacent to an activating group) is 1. The lowest BCUT2D eigenvalue weighted by molar-refractivity contribution is -0.146. The summed E-state index contributed by atoms with van der Waals surface area (Å²) in [6.45, 7) is 15.2. The maximum Gasteiger partial charge on any atom is 0.341 e. The average Bonchev–Trinajstić information content (AvgIpc) is 4.03. The number of fused-ring (bicyclic) bond motifs is 4. The minimum atomic E-state index is -1.68. The van der Waals surface area contributed by atoms with Crippen LogP contribution in [0.5, 0.6) is 23.0 Å². The normalized spacial score (nSPS) is 14.3. The van der Waals surface area contributed by atoms with Crippen molar-refractivity contribution in [3.8, 4) is 28.7 Å². The number of carboxylic acid groups (broad SMARTS) is 1. The topological polar surface area (TPSA) is 292 Å². The number of Topliss-reactive ketones (excluding diaryl/α,β-unsaturated/α-hetero) is 1. The number of aliphatic hydroxyl groups is 2. The number of benzene rings is 3. The number of phenolic OH excluding ortho intramolecular Hbond substituents is 3. The van der Waals surface area contributed by atoms with Crippen LogP contribution in [0.3, 0.4) is 0 Å². The molecule has 23 heteroatoms. The summed E-state index contributed by atoms with van der Waals surface area (Å²) in [4.78, 5) is 69.8. The van der Waals surface area contributed by atoms with Crippen molar-refractivity contribution in [3.05, 3.63) is 117 Å². The van der Waals surface area contributed by atoms with Gasteiger partial charge in [0.2, 0.25) is 11.2 Å². The smallest absolute Gasteiger partial charge is 0.341 e. The number of hydrogen-bond acceptors (Lipinski definition) is 17. The zero-order chi connectivity index (χ0) is 59.0. The molecule has 20 nitrogen and oxygen atoms in total. The molecule has 79 heavy (non-hydrogen) atoms. The largest absolute Gasteiger partial charge is 0.507 e. The van der Waals surface area contributed by atoms with E-state index in [2.05, 4.69) is 20.8 Å². The number of aromatic nitrogens is 2. The molecule has 2 aromatic heterocycles. The van der Waals surface area contributed by atoms with Crippen LogP contribution in [0, 0.1) is 30.3 Å². The highest BCUT2D eigenvalue weighted by Gasteiger charge is 2.41. The second kappa shape index (κ2) is 28.8. The number of halogens is 3. The Hall–Kier alpha value is -8.44. The van der Waals surface area contributed by atoms with Gasteiger partial charge < -0.3 is 60.5 Å². The molecule has 1 aliphatic rings. The second-order valence-electron chi connectivity index (χ2n) is 17.8. The molecule has 8 N–H and O–H groups in total. The Labute approximate surface area is 453 Å². The summed E-state index contributed by atoms with van der Waals surface area (Å²) in [7, 11) is 1.00. The third kappa shape index (κ3) is 14.8. The van der Waals surface area contributed by atoms with Crippen molar-refractivity contribution in [2.24, 2.45) is 11.0 Å². The van der Waals surface area contributed by atoms with Gasteiger partial charge in [-0.3, -0.25) is 23.7 Å². The predicted molar refractivity (Wildman–Crippen MR) is 292 cm³/mol. The van der Waals surface area contributed by atoms with Crippen LogP contribution < -0.4 is 25.8 Å². The van der Waals surface area contributed by atoms with Crippen molar-refractivity contribution >= 4 is 63.2 Å². The summed E-state index contributed by atoms with van der Waals surface area (Å²) in [6.07, 6.45) is 8.82. The van der Waals surface area contributed by atoms with E-state index in [0.717, 1.165) is 42.3 Å².